The fourth-order valence-electron chi connectivity index (χ4n) is 2.56. The minimum absolute atomic E-state index is 0. The monoisotopic (exact) mass is 338 g/mol. The van der Waals surface area contributed by atoms with Gasteiger partial charge in [0.25, 0.3) is 0 Å². The molecule has 1 aromatic heterocycles. The van der Waals surface area contributed by atoms with Crippen molar-refractivity contribution in [3.05, 3.63) is 52.7 Å². The molecule has 22 heavy (non-hydrogen) atoms. The number of nitrogens with zero attached hydrogens (tertiary/aromatic N) is 1. The van der Waals surface area contributed by atoms with Crippen LogP contribution in [0, 0.1) is 0 Å². The Labute approximate surface area is 142 Å². The predicted molar refractivity (Wildman–Crippen MR) is 92.5 cm³/mol. The molecule has 0 bridgehead atoms. The van der Waals surface area contributed by atoms with Crippen molar-refractivity contribution in [1.29, 1.82) is 0 Å². The molecule has 0 fully saturated rings. The van der Waals surface area contributed by atoms with Crippen molar-refractivity contribution in [3.8, 4) is 11.3 Å². The van der Waals surface area contributed by atoms with Crippen LogP contribution in [0.15, 0.2) is 46.5 Å². The molecule has 0 aliphatic heterocycles. The molecule has 1 aliphatic rings. The summed E-state index contributed by atoms with van der Waals surface area (Å²) in [6.45, 7) is 1.68. The summed E-state index contributed by atoms with van der Waals surface area (Å²) in [6, 6.07) is 9.56. The molecule has 118 valence electrons. The van der Waals surface area contributed by atoms with E-state index in [1.165, 1.54) is 31.3 Å². The molecule has 5 heteroatoms. The summed E-state index contributed by atoms with van der Waals surface area (Å²) in [5, 5.41) is 8.26. The zero-order chi connectivity index (χ0) is 14.5. The lowest BCUT2D eigenvalue weighted by atomic mass is 10.00. The minimum Gasteiger partial charge on any atom is -0.356 e. The number of hydrogen-bond acceptors (Lipinski definition) is 3. The molecule has 0 saturated heterocycles. The molecule has 0 atom stereocenters. The van der Waals surface area contributed by atoms with Gasteiger partial charge in [0, 0.05) is 29.7 Å². The van der Waals surface area contributed by atoms with E-state index >= 15 is 0 Å². The summed E-state index contributed by atoms with van der Waals surface area (Å²) in [4.78, 5) is 0. The average molecular weight is 339 g/mol. The highest BCUT2D eigenvalue weighted by Gasteiger charge is 2.07. The Hall–Kier alpha value is -1.29. The molecule has 3 nitrogen and oxygen atoms in total. The lowest BCUT2D eigenvalue weighted by molar-refractivity contribution is 0.420. The van der Waals surface area contributed by atoms with Crippen LogP contribution >= 0.6 is 24.0 Å². The standard InChI is InChI=1S/C17H19ClN2O.ClH/c18-15-8-6-14(7-9-15)17-10-16(20-21-17)12-19-11-13-4-2-1-3-5-13;/h4,6-10,19H,1-3,5,11-12H2;1H. The molecule has 3 rings (SSSR count). The van der Waals surface area contributed by atoms with Crippen LogP contribution < -0.4 is 5.32 Å². The number of aromatic nitrogens is 1. The zero-order valence-electron chi connectivity index (χ0n) is 12.3. The highest BCUT2D eigenvalue weighted by atomic mass is 35.5. The van der Waals surface area contributed by atoms with Gasteiger partial charge in [-0.1, -0.05) is 28.4 Å². The Morgan fingerprint density at radius 3 is 2.68 bits per heavy atom. The fourth-order valence-corrected chi connectivity index (χ4v) is 2.69. The number of rotatable bonds is 5. The molecule has 0 spiro atoms. The Balaban J connectivity index is 0.00000176. The molecule has 1 N–H and O–H groups in total. The van der Waals surface area contributed by atoms with Gasteiger partial charge in [0.15, 0.2) is 5.76 Å². The minimum atomic E-state index is 0. The third kappa shape index (κ3) is 4.60. The smallest absolute Gasteiger partial charge is 0.167 e. The van der Waals surface area contributed by atoms with Crippen LogP contribution in [0.3, 0.4) is 0 Å². The van der Waals surface area contributed by atoms with Gasteiger partial charge in [-0.2, -0.15) is 0 Å². The van der Waals surface area contributed by atoms with Crippen molar-refractivity contribution in [2.75, 3.05) is 6.54 Å². The van der Waals surface area contributed by atoms with Crippen molar-refractivity contribution in [3.63, 3.8) is 0 Å². The predicted octanol–water partition coefficient (Wildman–Crippen LogP) is 5.01. The van der Waals surface area contributed by atoms with Gasteiger partial charge in [-0.05, 0) is 49.9 Å². The van der Waals surface area contributed by atoms with Crippen LogP contribution in [0.5, 0.6) is 0 Å². The van der Waals surface area contributed by atoms with E-state index in [2.05, 4.69) is 16.5 Å². The quantitative estimate of drug-likeness (QED) is 0.779. The van der Waals surface area contributed by atoms with Crippen LogP contribution in [-0.2, 0) is 6.54 Å². The van der Waals surface area contributed by atoms with E-state index < -0.39 is 0 Å². The number of benzene rings is 1. The van der Waals surface area contributed by atoms with Crippen LogP contribution in [-0.4, -0.2) is 11.7 Å². The molecular formula is C17H20Cl2N2O. The molecule has 0 saturated carbocycles. The maximum atomic E-state index is 5.89. The Morgan fingerprint density at radius 2 is 1.95 bits per heavy atom. The molecule has 1 aromatic carbocycles. The van der Waals surface area contributed by atoms with Crippen molar-refractivity contribution in [2.45, 2.75) is 32.2 Å². The maximum absolute atomic E-state index is 5.89. The van der Waals surface area contributed by atoms with Crippen molar-refractivity contribution in [1.82, 2.24) is 10.5 Å². The lowest BCUT2D eigenvalue weighted by Crippen LogP contribution is -2.17. The second-order valence-electron chi connectivity index (χ2n) is 5.40. The van der Waals surface area contributed by atoms with Crippen LogP contribution in [0.2, 0.25) is 5.02 Å². The van der Waals surface area contributed by atoms with Gasteiger partial charge in [0.2, 0.25) is 0 Å². The van der Waals surface area contributed by atoms with E-state index in [0.717, 1.165) is 35.1 Å². The van der Waals surface area contributed by atoms with Gasteiger partial charge >= 0.3 is 0 Å². The number of halogens is 2. The van der Waals surface area contributed by atoms with Gasteiger partial charge in [-0.15, -0.1) is 12.4 Å². The van der Waals surface area contributed by atoms with Gasteiger partial charge in [-0.25, -0.2) is 0 Å². The van der Waals surface area contributed by atoms with E-state index in [4.69, 9.17) is 16.1 Å². The normalized spacial score (nSPS) is 14.3. The summed E-state index contributed by atoms with van der Waals surface area (Å²) in [7, 11) is 0. The second-order valence-corrected chi connectivity index (χ2v) is 5.84. The van der Waals surface area contributed by atoms with E-state index in [0.29, 0.717) is 0 Å². The summed E-state index contributed by atoms with van der Waals surface area (Å²) in [5.74, 6) is 0.778. The Bertz CT molecular complexity index is 620. The highest BCUT2D eigenvalue weighted by molar-refractivity contribution is 6.30. The van der Waals surface area contributed by atoms with Crippen LogP contribution in [0.25, 0.3) is 11.3 Å². The number of allylic oxidation sites excluding steroid dienone is 1. The molecule has 0 radical (unpaired) electrons. The van der Waals surface area contributed by atoms with Crippen molar-refractivity contribution in [2.24, 2.45) is 0 Å². The molecule has 1 heterocycles. The van der Waals surface area contributed by atoms with E-state index in [1.807, 2.05) is 30.3 Å². The summed E-state index contributed by atoms with van der Waals surface area (Å²) in [5.41, 5.74) is 3.44. The Kier molecular flexibility index (Phi) is 6.49. The molecular weight excluding hydrogens is 319 g/mol. The topological polar surface area (TPSA) is 38.1 Å². The molecule has 0 amide bonds. The first kappa shape index (κ1) is 17.1. The van der Waals surface area contributed by atoms with E-state index in [1.54, 1.807) is 0 Å². The van der Waals surface area contributed by atoms with Gasteiger partial charge in [0.1, 0.15) is 0 Å². The zero-order valence-corrected chi connectivity index (χ0v) is 13.9. The average Bonchev–Trinajstić information content (AvgIpc) is 2.98. The van der Waals surface area contributed by atoms with Gasteiger partial charge in [-0.3, -0.25) is 0 Å². The highest BCUT2D eigenvalue weighted by Crippen LogP contribution is 2.22. The summed E-state index contributed by atoms with van der Waals surface area (Å²) in [6.07, 6.45) is 7.46. The molecule has 2 aromatic rings. The van der Waals surface area contributed by atoms with Crippen molar-refractivity contribution < 1.29 is 4.52 Å². The van der Waals surface area contributed by atoms with Crippen LogP contribution in [0.4, 0.5) is 0 Å². The molecule has 0 unspecified atom stereocenters. The van der Waals surface area contributed by atoms with Crippen molar-refractivity contribution >= 4 is 24.0 Å². The first-order valence-corrected chi connectivity index (χ1v) is 7.79. The van der Waals surface area contributed by atoms with Gasteiger partial charge < -0.3 is 9.84 Å². The first-order valence-electron chi connectivity index (χ1n) is 7.41. The second kappa shape index (κ2) is 8.37. The number of nitrogens with one attached hydrogen (secondary N) is 1. The van der Waals surface area contributed by atoms with Gasteiger partial charge in [0.05, 0.1) is 5.69 Å². The largest absolute Gasteiger partial charge is 0.356 e. The Morgan fingerprint density at radius 1 is 1.14 bits per heavy atom. The number of hydrogen-bond donors (Lipinski definition) is 1. The third-order valence-electron chi connectivity index (χ3n) is 3.73. The lowest BCUT2D eigenvalue weighted by Gasteiger charge is -2.12. The SMILES string of the molecule is Cl.Clc1ccc(-c2cc(CNCC3=CCCCC3)no2)cc1. The summed E-state index contributed by atoms with van der Waals surface area (Å²) < 4.78 is 5.39. The third-order valence-corrected chi connectivity index (χ3v) is 3.98. The fraction of sp³-hybridized carbons (Fsp3) is 0.353. The summed E-state index contributed by atoms with van der Waals surface area (Å²) >= 11 is 5.89. The maximum Gasteiger partial charge on any atom is 0.167 e. The van der Waals surface area contributed by atoms with Crippen LogP contribution in [0.1, 0.15) is 31.4 Å². The van der Waals surface area contributed by atoms with E-state index in [-0.39, 0.29) is 12.4 Å². The van der Waals surface area contributed by atoms with E-state index in [9.17, 15) is 0 Å². The molecule has 1 aliphatic carbocycles. The first-order chi connectivity index (χ1) is 10.3.